The van der Waals surface area contributed by atoms with Gasteiger partial charge in [0.25, 0.3) is 11.5 Å². The fourth-order valence-corrected chi connectivity index (χ4v) is 5.01. The highest BCUT2D eigenvalue weighted by Crippen LogP contribution is 2.30. The van der Waals surface area contributed by atoms with E-state index >= 15 is 0 Å². The Hall–Kier alpha value is -2.14. The molecule has 5 heteroatoms. The number of benzene rings is 1. The molecule has 2 aromatic rings. The molecular formula is C23H31N3O2. The molecule has 2 fully saturated rings. The molecule has 2 aliphatic rings. The predicted octanol–water partition coefficient (Wildman–Crippen LogP) is 3.58. The lowest BCUT2D eigenvalue weighted by Gasteiger charge is -2.44. The van der Waals surface area contributed by atoms with Crippen molar-refractivity contribution in [2.45, 2.75) is 58.0 Å². The van der Waals surface area contributed by atoms with E-state index in [1.54, 1.807) is 10.8 Å². The molecule has 0 bridgehead atoms. The van der Waals surface area contributed by atoms with Crippen LogP contribution >= 0.6 is 0 Å². The van der Waals surface area contributed by atoms with Crippen LogP contribution in [0.5, 0.6) is 0 Å². The number of aromatic nitrogens is 1. The predicted molar refractivity (Wildman–Crippen MR) is 113 cm³/mol. The standard InChI is InChI=1S/C23H31N3O2/c1-16(2)26-15-20(18-9-3-4-10-19(18)23(26)28)22(27)24-14-17-8-7-13-25-12-6-5-11-21(17)25/h3-4,9-10,15-17,21H,5-8,11-14H2,1-2H3,(H,24,27). The van der Waals surface area contributed by atoms with E-state index in [9.17, 15) is 9.59 Å². The molecule has 4 rings (SSSR count). The SMILES string of the molecule is CC(C)n1cc(C(=O)NCC2CCCN3CCCCC23)c2ccccc2c1=O. The van der Waals surface area contributed by atoms with Gasteiger partial charge in [-0.3, -0.25) is 9.59 Å². The van der Waals surface area contributed by atoms with E-state index in [4.69, 9.17) is 0 Å². The van der Waals surface area contributed by atoms with Crippen LogP contribution in [0, 0.1) is 5.92 Å². The fraction of sp³-hybridized carbons (Fsp3) is 0.565. The third-order valence-corrected chi connectivity index (χ3v) is 6.50. The molecule has 0 aliphatic carbocycles. The molecule has 0 saturated carbocycles. The number of hydrogen-bond donors (Lipinski definition) is 1. The molecule has 0 radical (unpaired) electrons. The average molecular weight is 382 g/mol. The van der Waals surface area contributed by atoms with Crippen LogP contribution in [0.4, 0.5) is 0 Å². The number of carbonyl (C=O) groups excluding carboxylic acids is 1. The van der Waals surface area contributed by atoms with Crippen molar-refractivity contribution in [2.75, 3.05) is 19.6 Å². The van der Waals surface area contributed by atoms with Gasteiger partial charge in [0.2, 0.25) is 0 Å². The molecule has 2 unspecified atom stereocenters. The summed E-state index contributed by atoms with van der Waals surface area (Å²) in [6, 6.07) is 8.06. The Labute approximate surface area is 166 Å². The molecule has 1 amide bonds. The first-order valence-electron chi connectivity index (χ1n) is 10.7. The van der Waals surface area contributed by atoms with E-state index in [1.165, 1.54) is 45.2 Å². The molecule has 5 nitrogen and oxygen atoms in total. The minimum Gasteiger partial charge on any atom is -0.352 e. The first-order valence-corrected chi connectivity index (χ1v) is 10.7. The zero-order valence-corrected chi connectivity index (χ0v) is 17.0. The van der Waals surface area contributed by atoms with Crippen LogP contribution in [0.15, 0.2) is 35.3 Å². The van der Waals surface area contributed by atoms with Crippen LogP contribution < -0.4 is 10.9 Å². The largest absolute Gasteiger partial charge is 0.352 e. The van der Waals surface area contributed by atoms with E-state index in [0.29, 0.717) is 22.9 Å². The van der Waals surface area contributed by atoms with Crippen molar-refractivity contribution in [3.63, 3.8) is 0 Å². The Bertz CT molecular complexity index is 916. The second-order valence-corrected chi connectivity index (χ2v) is 8.61. The summed E-state index contributed by atoms with van der Waals surface area (Å²) in [5.41, 5.74) is 0.562. The van der Waals surface area contributed by atoms with Crippen LogP contribution in [0.3, 0.4) is 0 Å². The van der Waals surface area contributed by atoms with Crippen molar-refractivity contribution in [3.05, 3.63) is 46.4 Å². The van der Waals surface area contributed by atoms with E-state index in [-0.39, 0.29) is 17.5 Å². The Balaban J connectivity index is 1.57. The number of hydrogen-bond acceptors (Lipinski definition) is 3. The van der Waals surface area contributed by atoms with Gasteiger partial charge in [-0.25, -0.2) is 0 Å². The number of fused-ring (bicyclic) bond motifs is 2. The highest BCUT2D eigenvalue weighted by atomic mass is 16.2. The zero-order chi connectivity index (χ0) is 19.7. The molecule has 2 saturated heterocycles. The van der Waals surface area contributed by atoms with E-state index in [0.717, 1.165) is 11.9 Å². The third kappa shape index (κ3) is 3.60. The minimum atomic E-state index is -0.0708. The summed E-state index contributed by atoms with van der Waals surface area (Å²) in [5, 5.41) is 4.55. The number of nitrogens with one attached hydrogen (secondary N) is 1. The number of nitrogens with zero attached hydrogens (tertiary/aromatic N) is 2. The van der Waals surface area contributed by atoms with Crippen LogP contribution in [0.25, 0.3) is 10.8 Å². The lowest BCUT2D eigenvalue weighted by atomic mass is 9.83. The molecule has 2 atom stereocenters. The lowest BCUT2D eigenvalue weighted by Crippen LogP contribution is -2.51. The van der Waals surface area contributed by atoms with Gasteiger partial charge < -0.3 is 14.8 Å². The summed E-state index contributed by atoms with van der Waals surface area (Å²) in [7, 11) is 0. The molecule has 28 heavy (non-hydrogen) atoms. The molecule has 1 aromatic carbocycles. The highest BCUT2D eigenvalue weighted by Gasteiger charge is 2.33. The zero-order valence-electron chi connectivity index (χ0n) is 17.0. The molecule has 2 aliphatic heterocycles. The first kappa shape index (κ1) is 19.2. The van der Waals surface area contributed by atoms with Gasteiger partial charge in [0, 0.05) is 35.6 Å². The molecule has 150 valence electrons. The second-order valence-electron chi connectivity index (χ2n) is 8.61. The average Bonchev–Trinajstić information content (AvgIpc) is 2.72. The van der Waals surface area contributed by atoms with Crippen LogP contribution in [-0.2, 0) is 0 Å². The van der Waals surface area contributed by atoms with E-state index in [2.05, 4.69) is 10.2 Å². The van der Waals surface area contributed by atoms with Gasteiger partial charge in [0.1, 0.15) is 0 Å². The summed E-state index contributed by atoms with van der Waals surface area (Å²) in [5.74, 6) is 0.457. The maximum absolute atomic E-state index is 13.1. The van der Waals surface area contributed by atoms with Gasteiger partial charge in [0.05, 0.1) is 5.56 Å². The Morgan fingerprint density at radius 3 is 2.64 bits per heavy atom. The summed E-state index contributed by atoms with van der Waals surface area (Å²) in [6.45, 7) is 7.07. The number of amides is 1. The normalized spacial score (nSPS) is 23.0. The van der Waals surface area contributed by atoms with Gasteiger partial charge in [-0.2, -0.15) is 0 Å². The number of carbonyl (C=O) groups is 1. The lowest BCUT2D eigenvalue weighted by molar-refractivity contribution is 0.0576. The van der Waals surface area contributed by atoms with Crippen molar-refractivity contribution in [1.82, 2.24) is 14.8 Å². The van der Waals surface area contributed by atoms with Crippen LogP contribution in [-0.4, -0.2) is 41.1 Å². The summed E-state index contributed by atoms with van der Waals surface area (Å²) in [4.78, 5) is 28.5. The number of pyridine rings is 1. The topological polar surface area (TPSA) is 54.3 Å². The summed E-state index contributed by atoms with van der Waals surface area (Å²) in [6.07, 6.45) is 8.00. The van der Waals surface area contributed by atoms with Gasteiger partial charge in [-0.15, -0.1) is 0 Å². The van der Waals surface area contributed by atoms with Gasteiger partial charge in [-0.05, 0) is 64.6 Å². The van der Waals surface area contributed by atoms with Crippen molar-refractivity contribution in [2.24, 2.45) is 5.92 Å². The van der Waals surface area contributed by atoms with Crippen molar-refractivity contribution in [3.8, 4) is 0 Å². The summed E-state index contributed by atoms with van der Waals surface area (Å²) >= 11 is 0. The number of piperidine rings is 2. The monoisotopic (exact) mass is 381 g/mol. The smallest absolute Gasteiger partial charge is 0.258 e. The highest BCUT2D eigenvalue weighted by molar-refractivity contribution is 6.06. The Morgan fingerprint density at radius 2 is 1.86 bits per heavy atom. The van der Waals surface area contributed by atoms with Crippen LogP contribution in [0.2, 0.25) is 0 Å². The minimum absolute atomic E-state index is 0.0118. The van der Waals surface area contributed by atoms with Gasteiger partial charge in [-0.1, -0.05) is 24.6 Å². The van der Waals surface area contributed by atoms with E-state index in [1.807, 2.05) is 38.1 Å². The molecular weight excluding hydrogens is 350 g/mol. The Kier molecular flexibility index (Phi) is 5.54. The maximum atomic E-state index is 13.1. The third-order valence-electron chi connectivity index (χ3n) is 6.50. The summed E-state index contributed by atoms with van der Waals surface area (Å²) < 4.78 is 1.67. The van der Waals surface area contributed by atoms with Gasteiger partial charge in [0.15, 0.2) is 0 Å². The van der Waals surface area contributed by atoms with Crippen LogP contribution in [0.1, 0.15) is 62.4 Å². The number of rotatable bonds is 4. The molecule has 0 spiro atoms. The fourth-order valence-electron chi connectivity index (χ4n) is 5.01. The van der Waals surface area contributed by atoms with Gasteiger partial charge >= 0.3 is 0 Å². The molecule has 1 N–H and O–H groups in total. The Morgan fingerprint density at radius 1 is 1.11 bits per heavy atom. The quantitative estimate of drug-likeness (QED) is 0.881. The van der Waals surface area contributed by atoms with E-state index < -0.39 is 0 Å². The van der Waals surface area contributed by atoms with Crippen molar-refractivity contribution < 1.29 is 4.79 Å². The first-order chi connectivity index (χ1) is 13.6. The van der Waals surface area contributed by atoms with Crippen molar-refractivity contribution in [1.29, 1.82) is 0 Å². The second kappa shape index (κ2) is 8.08. The van der Waals surface area contributed by atoms with Crippen molar-refractivity contribution >= 4 is 16.7 Å². The molecule has 1 aromatic heterocycles. The molecule has 3 heterocycles. The maximum Gasteiger partial charge on any atom is 0.258 e.